The monoisotopic (exact) mass is 250 g/mol. The quantitative estimate of drug-likeness (QED) is 0.833. The summed E-state index contributed by atoms with van der Waals surface area (Å²) in [5.41, 5.74) is 0. The molecule has 1 N–H and O–H groups in total. The minimum Gasteiger partial charge on any atom is -0.338 e. The number of rotatable bonds is 3. The highest BCUT2D eigenvalue weighted by molar-refractivity contribution is 5.83. The second-order valence-electron chi connectivity index (χ2n) is 6.59. The Morgan fingerprint density at radius 1 is 1.11 bits per heavy atom. The van der Waals surface area contributed by atoms with Crippen LogP contribution in [0.15, 0.2) is 0 Å². The van der Waals surface area contributed by atoms with Gasteiger partial charge in [0.05, 0.1) is 6.04 Å². The Bertz CT molecular complexity index is 314. The second kappa shape index (κ2) is 5.20. The summed E-state index contributed by atoms with van der Waals surface area (Å²) in [5.74, 6) is 1.19. The molecule has 0 aromatic carbocycles. The number of amides is 1. The van der Waals surface area contributed by atoms with E-state index in [0.29, 0.717) is 18.0 Å². The van der Waals surface area contributed by atoms with Crippen LogP contribution in [0, 0.1) is 5.92 Å². The van der Waals surface area contributed by atoms with Gasteiger partial charge >= 0.3 is 0 Å². The second-order valence-corrected chi connectivity index (χ2v) is 6.59. The van der Waals surface area contributed by atoms with Crippen molar-refractivity contribution in [3.63, 3.8) is 0 Å². The first-order valence-electron chi connectivity index (χ1n) is 7.80. The zero-order valence-corrected chi connectivity index (χ0v) is 11.5. The van der Waals surface area contributed by atoms with Crippen molar-refractivity contribution in [2.45, 2.75) is 76.4 Å². The summed E-state index contributed by atoms with van der Waals surface area (Å²) in [4.78, 5) is 14.8. The summed E-state index contributed by atoms with van der Waals surface area (Å²) < 4.78 is 0. The van der Waals surface area contributed by atoms with E-state index in [1.54, 1.807) is 0 Å². The summed E-state index contributed by atoms with van der Waals surface area (Å²) in [6.45, 7) is 3.33. The van der Waals surface area contributed by atoms with E-state index in [4.69, 9.17) is 0 Å². The van der Waals surface area contributed by atoms with Crippen LogP contribution in [-0.2, 0) is 4.79 Å². The van der Waals surface area contributed by atoms with Gasteiger partial charge in [0.25, 0.3) is 0 Å². The first-order chi connectivity index (χ1) is 8.74. The Morgan fingerprint density at radius 2 is 1.94 bits per heavy atom. The van der Waals surface area contributed by atoms with Gasteiger partial charge in [0, 0.05) is 18.6 Å². The predicted octanol–water partition coefficient (Wildman–Crippen LogP) is 2.31. The zero-order valence-electron chi connectivity index (χ0n) is 11.5. The molecule has 102 valence electrons. The largest absolute Gasteiger partial charge is 0.338 e. The van der Waals surface area contributed by atoms with E-state index in [-0.39, 0.29) is 6.04 Å². The predicted molar refractivity (Wildman–Crippen MR) is 72.3 cm³/mol. The van der Waals surface area contributed by atoms with Crippen molar-refractivity contribution in [2.75, 3.05) is 6.54 Å². The molecule has 3 fully saturated rings. The standard InChI is InChI=1S/C15H26N2O/c1-11-4-2-5-13(10-11)17-9-3-6-14(15(17)18)16-12-7-8-12/h11-14,16H,2-10H2,1H3. The van der Waals surface area contributed by atoms with Crippen LogP contribution < -0.4 is 5.32 Å². The van der Waals surface area contributed by atoms with Crippen molar-refractivity contribution in [1.82, 2.24) is 10.2 Å². The molecule has 3 atom stereocenters. The maximum Gasteiger partial charge on any atom is 0.239 e. The van der Waals surface area contributed by atoms with Gasteiger partial charge in [0.1, 0.15) is 0 Å². The fourth-order valence-corrected chi connectivity index (χ4v) is 3.64. The normalized spacial score (nSPS) is 37.9. The average Bonchev–Trinajstić information content (AvgIpc) is 3.16. The highest BCUT2D eigenvalue weighted by Gasteiger charge is 2.37. The molecule has 3 unspecified atom stereocenters. The smallest absolute Gasteiger partial charge is 0.239 e. The van der Waals surface area contributed by atoms with E-state index in [9.17, 15) is 4.79 Å². The minimum absolute atomic E-state index is 0.128. The highest BCUT2D eigenvalue weighted by Crippen LogP contribution is 2.30. The maximum absolute atomic E-state index is 12.6. The fraction of sp³-hybridized carbons (Fsp3) is 0.933. The molecule has 0 aromatic rings. The van der Waals surface area contributed by atoms with Crippen molar-refractivity contribution in [2.24, 2.45) is 5.92 Å². The van der Waals surface area contributed by atoms with E-state index in [0.717, 1.165) is 18.9 Å². The van der Waals surface area contributed by atoms with Crippen LogP contribution in [-0.4, -0.2) is 35.5 Å². The molecule has 1 saturated heterocycles. The third-order valence-electron chi connectivity index (χ3n) is 4.84. The van der Waals surface area contributed by atoms with E-state index < -0.39 is 0 Å². The van der Waals surface area contributed by atoms with Crippen LogP contribution in [0.25, 0.3) is 0 Å². The Morgan fingerprint density at radius 3 is 2.67 bits per heavy atom. The molecule has 0 bridgehead atoms. The first kappa shape index (κ1) is 12.5. The Balaban J connectivity index is 1.61. The SMILES string of the molecule is CC1CCCC(N2CCCC(NC3CC3)C2=O)C1. The van der Waals surface area contributed by atoms with Crippen LogP contribution in [0.1, 0.15) is 58.3 Å². The van der Waals surface area contributed by atoms with Crippen molar-refractivity contribution < 1.29 is 4.79 Å². The minimum atomic E-state index is 0.128. The van der Waals surface area contributed by atoms with E-state index in [1.807, 2.05) is 0 Å². The molecule has 3 aliphatic rings. The molecule has 1 heterocycles. The number of piperidine rings is 1. The number of nitrogens with zero attached hydrogens (tertiary/aromatic N) is 1. The van der Waals surface area contributed by atoms with Gasteiger partial charge in [-0.15, -0.1) is 0 Å². The topological polar surface area (TPSA) is 32.3 Å². The van der Waals surface area contributed by atoms with Gasteiger partial charge in [-0.3, -0.25) is 4.79 Å². The summed E-state index contributed by atoms with van der Waals surface area (Å²) in [6.07, 6.45) is 9.87. The van der Waals surface area contributed by atoms with Gasteiger partial charge in [-0.1, -0.05) is 19.8 Å². The number of carbonyl (C=O) groups excluding carboxylic acids is 1. The summed E-state index contributed by atoms with van der Waals surface area (Å²) in [5, 5.41) is 3.53. The Hall–Kier alpha value is -0.570. The Labute approximate surface area is 110 Å². The van der Waals surface area contributed by atoms with Crippen LogP contribution in [0.5, 0.6) is 0 Å². The lowest BCUT2D eigenvalue weighted by Crippen LogP contribution is -2.55. The number of hydrogen-bond acceptors (Lipinski definition) is 2. The van der Waals surface area contributed by atoms with E-state index in [2.05, 4.69) is 17.1 Å². The molecule has 2 aliphatic carbocycles. The van der Waals surface area contributed by atoms with Crippen LogP contribution in [0.4, 0.5) is 0 Å². The number of hydrogen-bond donors (Lipinski definition) is 1. The van der Waals surface area contributed by atoms with Crippen molar-refractivity contribution >= 4 is 5.91 Å². The van der Waals surface area contributed by atoms with Crippen LogP contribution in [0.2, 0.25) is 0 Å². The average molecular weight is 250 g/mol. The van der Waals surface area contributed by atoms with E-state index in [1.165, 1.54) is 44.9 Å². The molecule has 0 aromatic heterocycles. The molecule has 0 spiro atoms. The molecule has 2 saturated carbocycles. The Kier molecular flexibility index (Phi) is 3.60. The summed E-state index contributed by atoms with van der Waals surface area (Å²) in [6, 6.07) is 1.30. The third kappa shape index (κ3) is 2.71. The number of likely N-dealkylation sites (tertiary alicyclic amines) is 1. The molecule has 1 aliphatic heterocycles. The lowest BCUT2D eigenvalue weighted by atomic mass is 9.85. The molecule has 3 nitrogen and oxygen atoms in total. The molecular formula is C15H26N2O. The van der Waals surface area contributed by atoms with Gasteiger partial charge in [0.2, 0.25) is 5.91 Å². The molecule has 1 amide bonds. The molecule has 3 rings (SSSR count). The van der Waals surface area contributed by atoms with Gasteiger partial charge < -0.3 is 10.2 Å². The molecule has 18 heavy (non-hydrogen) atoms. The zero-order chi connectivity index (χ0) is 12.5. The van der Waals surface area contributed by atoms with Gasteiger partial charge in [-0.25, -0.2) is 0 Å². The molecular weight excluding hydrogens is 224 g/mol. The van der Waals surface area contributed by atoms with E-state index >= 15 is 0 Å². The van der Waals surface area contributed by atoms with Crippen molar-refractivity contribution in [1.29, 1.82) is 0 Å². The van der Waals surface area contributed by atoms with Gasteiger partial charge in [-0.2, -0.15) is 0 Å². The number of carbonyl (C=O) groups is 1. The summed E-state index contributed by atoms with van der Waals surface area (Å²) in [7, 11) is 0. The third-order valence-corrected chi connectivity index (χ3v) is 4.84. The number of nitrogens with one attached hydrogen (secondary N) is 1. The van der Waals surface area contributed by atoms with Crippen LogP contribution >= 0.6 is 0 Å². The van der Waals surface area contributed by atoms with Gasteiger partial charge in [0.15, 0.2) is 0 Å². The molecule has 0 radical (unpaired) electrons. The first-order valence-corrected chi connectivity index (χ1v) is 7.80. The van der Waals surface area contributed by atoms with Crippen molar-refractivity contribution in [3.8, 4) is 0 Å². The summed E-state index contributed by atoms with van der Waals surface area (Å²) >= 11 is 0. The fourth-order valence-electron chi connectivity index (χ4n) is 3.64. The molecule has 3 heteroatoms. The maximum atomic E-state index is 12.6. The lowest BCUT2D eigenvalue weighted by Gasteiger charge is -2.41. The van der Waals surface area contributed by atoms with Crippen molar-refractivity contribution in [3.05, 3.63) is 0 Å². The lowest BCUT2D eigenvalue weighted by molar-refractivity contribution is -0.139. The van der Waals surface area contributed by atoms with Crippen LogP contribution in [0.3, 0.4) is 0 Å². The highest BCUT2D eigenvalue weighted by atomic mass is 16.2. The van der Waals surface area contributed by atoms with Gasteiger partial charge in [-0.05, 0) is 44.4 Å².